The normalized spacial score (nSPS) is 15.9. The Morgan fingerprint density at radius 1 is 1.28 bits per heavy atom. The summed E-state index contributed by atoms with van der Waals surface area (Å²) in [6.45, 7) is 1.63. The van der Waals surface area contributed by atoms with Crippen LogP contribution >= 0.6 is 0 Å². The topological polar surface area (TPSA) is 76.6 Å². The molecule has 1 aliphatic rings. The lowest BCUT2D eigenvalue weighted by Crippen LogP contribution is -2.41. The first-order valence-corrected chi connectivity index (χ1v) is 8.17. The van der Waals surface area contributed by atoms with Crippen molar-refractivity contribution in [2.45, 2.75) is 12.7 Å². The largest absolute Gasteiger partial charge is 0.362 e. The maximum absolute atomic E-state index is 11.1. The van der Waals surface area contributed by atoms with E-state index in [1.54, 1.807) is 11.6 Å². The summed E-state index contributed by atoms with van der Waals surface area (Å²) in [7, 11) is 2.06. The average Bonchev–Trinajstić information content (AvgIpc) is 2.96. The van der Waals surface area contributed by atoms with Gasteiger partial charge in [0.1, 0.15) is 6.17 Å². The van der Waals surface area contributed by atoms with Gasteiger partial charge in [-0.3, -0.25) is 10.0 Å². The summed E-state index contributed by atoms with van der Waals surface area (Å²) in [6, 6.07) is 16.3. The Balaban J connectivity index is 1.59. The number of amides is 1. The molecule has 0 fully saturated rings. The molecular weight excluding hydrogens is 316 g/mol. The third kappa shape index (κ3) is 4.17. The minimum absolute atomic E-state index is 0.165. The molecule has 0 saturated carbocycles. The molecule has 1 atom stereocenters. The van der Waals surface area contributed by atoms with Gasteiger partial charge in [0.15, 0.2) is 0 Å². The number of likely N-dealkylation sites (N-methyl/N-ethyl adjacent to an activating group) is 1. The summed E-state index contributed by atoms with van der Waals surface area (Å²) in [5, 5.41) is 15.5. The summed E-state index contributed by atoms with van der Waals surface area (Å²) in [4.78, 5) is 13.3. The lowest BCUT2D eigenvalue weighted by molar-refractivity contribution is -0.124. The highest BCUT2D eigenvalue weighted by Gasteiger charge is 2.25. The van der Waals surface area contributed by atoms with Gasteiger partial charge in [-0.25, -0.2) is 5.48 Å². The second-order valence-corrected chi connectivity index (χ2v) is 5.97. The number of hydroxylamine groups is 1. The summed E-state index contributed by atoms with van der Waals surface area (Å²) < 4.78 is 0. The fraction of sp³-hybridized carbons (Fsp3) is 0.211. The van der Waals surface area contributed by atoms with Crippen molar-refractivity contribution in [3.63, 3.8) is 0 Å². The molecule has 1 aliphatic heterocycles. The highest BCUT2D eigenvalue weighted by molar-refractivity contribution is 5.91. The Morgan fingerprint density at radius 2 is 2.08 bits per heavy atom. The number of nitrogens with one attached hydrogen (secondary N) is 3. The number of hydrogen-bond acceptors (Lipinski definition) is 5. The molecule has 0 saturated heterocycles. The summed E-state index contributed by atoms with van der Waals surface area (Å²) in [6.07, 6.45) is 3.12. The first-order valence-electron chi connectivity index (χ1n) is 8.17. The van der Waals surface area contributed by atoms with Crippen molar-refractivity contribution in [2.75, 3.05) is 23.8 Å². The van der Waals surface area contributed by atoms with Gasteiger partial charge in [0, 0.05) is 26.2 Å². The molecule has 0 radical (unpaired) electrons. The van der Waals surface area contributed by atoms with Gasteiger partial charge in [0.2, 0.25) is 0 Å². The monoisotopic (exact) mass is 338 g/mol. The van der Waals surface area contributed by atoms with Gasteiger partial charge in [-0.1, -0.05) is 36.4 Å². The van der Waals surface area contributed by atoms with E-state index in [4.69, 9.17) is 5.21 Å². The number of hydrogen-bond donors (Lipinski definition) is 4. The molecule has 6 nitrogen and oxygen atoms in total. The van der Waals surface area contributed by atoms with Crippen LogP contribution < -0.4 is 21.0 Å². The van der Waals surface area contributed by atoms with Crippen LogP contribution in [0.2, 0.25) is 0 Å². The van der Waals surface area contributed by atoms with Crippen LogP contribution in [0.3, 0.4) is 0 Å². The van der Waals surface area contributed by atoms with E-state index in [1.807, 2.05) is 36.4 Å². The number of benzene rings is 2. The zero-order valence-electron chi connectivity index (χ0n) is 14.1. The Labute approximate surface area is 147 Å². The molecule has 6 heteroatoms. The van der Waals surface area contributed by atoms with Crippen LogP contribution in [0.5, 0.6) is 0 Å². The average molecular weight is 338 g/mol. The summed E-state index contributed by atoms with van der Waals surface area (Å²) >= 11 is 0. The van der Waals surface area contributed by atoms with E-state index in [9.17, 15) is 4.79 Å². The maximum Gasteiger partial charge on any atom is 0.267 e. The van der Waals surface area contributed by atoms with Crippen molar-refractivity contribution in [2.24, 2.45) is 0 Å². The molecule has 1 unspecified atom stereocenters. The summed E-state index contributed by atoms with van der Waals surface area (Å²) in [5.74, 6) is -0.548. The van der Waals surface area contributed by atoms with Crippen molar-refractivity contribution in [1.29, 1.82) is 0 Å². The molecule has 0 aliphatic carbocycles. The highest BCUT2D eigenvalue weighted by atomic mass is 16.5. The standard InChI is InChI=1S/C19H22N4O2/c1-23-17-9-7-14(8-10-19(24)22-25)11-16(17)21-18(23)13-20-12-15-5-3-2-4-6-15/h2-11,18,20-21,25H,12-13H2,1H3,(H,22,24)/b10-8+. The van der Waals surface area contributed by atoms with Gasteiger partial charge < -0.3 is 15.5 Å². The lowest BCUT2D eigenvalue weighted by Gasteiger charge is -2.22. The number of carbonyl (C=O) groups excluding carboxylic acids is 1. The predicted octanol–water partition coefficient (Wildman–Crippen LogP) is 2.18. The molecule has 2 aromatic rings. The maximum atomic E-state index is 11.1. The molecule has 130 valence electrons. The molecule has 0 spiro atoms. The van der Waals surface area contributed by atoms with E-state index in [1.165, 1.54) is 11.6 Å². The molecule has 25 heavy (non-hydrogen) atoms. The van der Waals surface area contributed by atoms with Crippen molar-refractivity contribution in [1.82, 2.24) is 10.8 Å². The lowest BCUT2D eigenvalue weighted by atomic mass is 10.1. The fourth-order valence-electron chi connectivity index (χ4n) is 2.87. The van der Waals surface area contributed by atoms with Crippen molar-refractivity contribution >= 4 is 23.4 Å². The number of anilines is 2. The van der Waals surface area contributed by atoms with E-state index >= 15 is 0 Å². The molecule has 1 amide bonds. The number of carbonyl (C=O) groups is 1. The molecule has 0 bridgehead atoms. The number of rotatable bonds is 6. The zero-order chi connectivity index (χ0) is 17.6. The third-order valence-corrected chi connectivity index (χ3v) is 4.24. The van der Waals surface area contributed by atoms with Gasteiger partial charge in [0.25, 0.3) is 5.91 Å². The van der Waals surface area contributed by atoms with E-state index < -0.39 is 5.91 Å². The highest BCUT2D eigenvalue weighted by Crippen LogP contribution is 2.34. The quantitative estimate of drug-likeness (QED) is 0.369. The van der Waals surface area contributed by atoms with E-state index in [-0.39, 0.29) is 6.17 Å². The van der Waals surface area contributed by atoms with Crippen LogP contribution in [0.25, 0.3) is 6.08 Å². The van der Waals surface area contributed by atoms with Gasteiger partial charge in [-0.2, -0.15) is 0 Å². The first kappa shape index (κ1) is 17.0. The number of nitrogens with zero attached hydrogens (tertiary/aromatic N) is 1. The molecule has 0 aromatic heterocycles. The molecular formula is C19H22N4O2. The van der Waals surface area contributed by atoms with Gasteiger partial charge >= 0.3 is 0 Å². The second kappa shape index (κ2) is 7.83. The minimum Gasteiger partial charge on any atom is -0.362 e. The molecule has 4 N–H and O–H groups in total. The summed E-state index contributed by atoms with van der Waals surface area (Å²) in [5.41, 5.74) is 5.88. The zero-order valence-corrected chi connectivity index (χ0v) is 14.1. The third-order valence-electron chi connectivity index (χ3n) is 4.24. The fourth-order valence-corrected chi connectivity index (χ4v) is 2.87. The Morgan fingerprint density at radius 3 is 2.84 bits per heavy atom. The Bertz CT molecular complexity index is 761. The Hall–Kier alpha value is -2.83. The molecule has 2 aromatic carbocycles. The second-order valence-electron chi connectivity index (χ2n) is 5.97. The van der Waals surface area contributed by atoms with Crippen LogP contribution in [-0.2, 0) is 11.3 Å². The van der Waals surface area contributed by atoms with Crippen LogP contribution in [0, 0.1) is 0 Å². The van der Waals surface area contributed by atoms with Crippen LogP contribution in [-0.4, -0.2) is 30.9 Å². The minimum atomic E-state index is -0.548. The van der Waals surface area contributed by atoms with Crippen molar-refractivity contribution < 1.29 is 10.0 Å². The predicted molar refractivity (Wildman–Crippen MR) is 99.4 cm³/mol. The van der Waals surface area contributed by atoms with Crippen LogP contribution in [0.1, 0.15) is 11.1 Å². The van der Waals surface area contributed by atoms with Gasteiger partial charge in [0.05, 0.1) is 11.4 Å². The van der Waals surface area contributed by atoms with Crippen molar-refractivity contribution in [3.8, 4) is 0 Å². The van der Waals surface area contributed by atoms with Crippen LogP contribution in [0.15, 0.2) is 54.6 Å². The SMILES string of the molecule is CN1c2ccc(/C=C/C(=O)NO)cc2NC1CNCc1ccccc1. The van der Waals surface area contributed by atoms with Gasteiger partial charge in [-0.15, -0.1) is 0 Å². The first-order chi connectivity index (χ1) is 12.2. The van der Waals surface area contributed by atoms with Crippen molar-refractivity contribution in [3.05, 3.63) is 65.7 Å². The molecule has 1 heterocycles. The Kier molecular flexibility index (Phi) is 5.33. The van der Waals surface area contributed by atoms with Gasteiger partial charge in [-0.05, 0) is 29.3 Å². The van der Waals surface area contributed by atoms with E-state index in [0.717, 1.165) is 30.0 Å². The van der Waals surface area contributed by atoms with Crippen LogP contribution in [0.4, 0.5) is 11.4 Å². The van der Waals surface area contributed by atoms with E-state index in [2.05, 4.69) is 34.7 Å². The smallest absolute Gasteiger partial charge is 0.267 e. The number of fused-ring (bicyclic) bond motifs is 1. The van der Waals surface area contributed by atoms with E-state index in [0.29, 0.717) is 0 Å². The molecule has 3 rings (SSSR count).